The van der Waals surface area contributed by atoms with E-state index in [0.29, 0.717) is 12.5 Å². The van der Waals surface area contributed by atoms with Crippen molar-refractivity contribution in [2.24, 2.45) is 5.92 Å². The fourth-order valence-electron chi connectivity index (χ4n) is 1.59. The van der Waals surface area contributed by atoms with Crippen LogP contribution in [0.5, 0.6) is 0 Å². The highest BCUT2D eigenvalue weighted by atomic mass is 16.6. The Morgan fingerprint density at radius 2 is 2.00 bits per heavy atom. The van der Waals surface area contributed by atoms with Crippen molar-refractivity contribution in [1.82, 2.24) is 5.32 Å². The standard InChI is InChI=1S/C12H26N2O2/c1-5-7-8-11(6-2)9-13-10-12(3,4)14(15)16/h11,13H,5-10H2,1-4H3. The quantitative estimate of drug-likeness (QED) is 0.489. The van der Waals surface area contributed by atoms with Crippen molar-refractivity contribution >= 4 is 0 Å². The third-order valence-electron chi connectivity index (χ3n) is 3.03. The molecule has 0 heterocycles. The zero-order valence-electron chi connectivity index (χ0n) is 11.1. The van der Waals surface area contributed by atoms with Gasteiger partial charge in [0.2, 0.25) is 5.54 Å². The van der Waals surface area contributed by atoms with Crippen molar-refractivity contribution in [2.75, 3.05) is 13.1 Å². The van der Waals surface area contributed by atoms with Crippen LogP contribution >= 0.6 is 0 Å². The number of nitrogens with zero attached hydrogens (tertiary/aromatic N) is 1. The molecule has 0 aliphatic carbocycles. The van der Waals surface area contributed by atoms with Gasteiger partial charge in [0.25, 0.3) is 0 Å². The first-order valence-electron chi connectivity index (χ1n) is 6.29. The maximum atomic E-state index is 10.7. The molecular weight excluding hydrogens is 204 g/mol. The average molecular weight is 230 g/mol. The molecule has 0 rings (SSSR count). The molecular formula is C12H26N2O2. The molecule has 0 spiro atoms. The van der Waals surface area contributed by atoms with Gasteiger partial charge in [-0.15, -0.1) is 0 Å². The van der Waals surface area contributed by atoms with Crippen LogP contribution in [0.15, 0.2) is 0 Å². The summed E-state index contributed by atoms with van der Waals surface area (Å²) in [5, 5.41) is 13.9. The van der Waals surface area contributed by atoms with Crippen molar-refractivity contribution in [1.29, 1.82) is 0 Å². The number of unbranched alkanes of at least 4 members (excludes halogenated alkanes) is 1. The summed E-state index contributed by atoms with van der Waals surface area (Å²) < 4.78 is 0. The smallest absolute Gasteiger partial charge is 0.228 e. The second-order valence-corrected chi connectivity index (χ2v) is 5.12. The van der Waals surface area contributed by atoms with E-state index in [1.165, 1.54) is 19.3 Å². The van der Waals surface area contributed by atoms with Crippen LogP contribution < -0.4 is 5.32 Å². The maximum Gasteiger partial charge on any atom is 0.228 e. The van der Waals surface area contributed by atoms with Crippen LogP contribution in [-0.2, 0) is 0 Å². The first-order chi connectivity index (χ1) is 7.44. The number of hydrogen-bond donors (Lipinski definition) is 1. The van der Waals surface area contributed by atoms with Crippen molar-refractivity contribution < 1.29 is 4.92 Å². The van der Waals surface area contributed by atoms with Gasteiger partial charge in [-0.1, -0.05) is 33.1 Å². The van der Waals surface area contributed by atoms with Gasteiger partial charge < -0.3 is 5.32 Å². The van der Waals surface area contributed by atoms with Gasteiger partial charge in [0.05, 0.1) is 6.54 Å². The summed E-state index contributed by atoms with van der Waals surface area (Å²) in [6.07, 6.45) is 4.83. The topological polar surface area (TPSA) is 55.2 Å². The lowest BCUT2D eigenvalue weighted by molar-refractivity contribution is -0.558. The molecule has 0 aliphatic heterocycles. The predicted molar refractivity (Wildman–Crippen MR) is 67.2 cm³/mol. The first kappa shape index (κ1) is 15.4. The van der Waals surface area contributed by atoms with Gasteiger partial charge in [0, 0.05) is 18.8 Å². The summed E-state index contributed by atoms with van der Waals surface area (Å²) in [6.45, 7) is 9.03. The Hall–Kier alpha value is -0.640. The van der Waals surface area contributed by atoms with Gasteiger partial charge in [0.1, 0.15) is 0 Å². The zero-order chi connectivity index (χ0) is 12.6. The number of nitro groups is 1. The molecule has 0 saturated heterocycles. The highest BCUT2D eigenvalue weighted by molar-refractivity contribution is 4.71. The highest BCUT2D eigenvalue weighted by Crippen LogP contribution is 2.12. The van der Waals surface area contributed by atoms with E-state index in [9.17, 15) is 10.1 Å². The first-order valence-corrected chi connectivity index (χ1v) is 6.29. The minimum absolute atomic E-state index is 0.215. The molecule has 16 heavy (non-hydrogen) atoms. The monoisotopic (exact) mass is 230 g/mol. The molecule has 0 fully saturated rings. The van der Waals surface area contributed by atoms with Crippen molar-refractivity contribution in [2.45, 2.75) is 58.9 Å². The van der Waals surface area contributed by atoms with E-state index in [-0.39, 0.29) is 4.92 Å². The highest BCUT2D eigenvalue weighted by Gasteiger charge is 2.29. The molecule has 0 amide bonds. The summed E-state index contributed by atoms with van der Waals surface area (Å²) in [4.78, 5) is 10.5. The van der Waals surface area contributed by atoms with Crippen LogP contribution in [0.25, 0.3) is 0 Å². The molecule has 4 nitrogen and oxygen atoms in total. The van der Waals surface area contributed by atoms with Crippen LogP contribution in [0, 0.1) is 16.0 Å². The fraction of sp³-hybridized carbons (Fsp3) is 1.00. The lowest BCUT2D eigenvalue weighted by atomic mass is 9.99. The van der Waals surface area contributed by atoms with Crippen LogP contribution in [0.3, 0.4) is 0 Å². The second-order valence-electron chi connectivity index (χ2n) is 5.12. The van der Waals surface area contributed by atoms with Crippen LogP contribution in [-0.4, -0.2) is 23.6 Å². The SMILES string of the molecule is CCCCC(CC)CNCC(C)(C)[N+](=O)[O-]. The molecule has 1 unspecified atom stereocenters. The van der Waals surface area contributed by atoms with Gasteiger partial charge in [-0.25, -0.2) is 0 Å². The summed E-state index contributed by atoms with van der Waals surface area (Å²) in [7, 11) is 0. The van der Waals surface area contributed by atoms with E-state index >= 15 is 0 Å². The van der Waals surface area contributed by atoms with E-state index in [4.69, 9.17) is 0 Å². The molecule has 96 valence electrons. The molecule has 1 atom stereocenters. The van der Waals surface area contributed by atoms with Gasteiger partial charge in [-0.2, -0.15) is 0 Å². The maximum absolute atomic E-state index is 10.7. The molecule has 0 aliphatic rings. The van der Waals surface area contributed by atoms with Crippen LogP contribution in [0.2, 0.25) is 0 Å². The molecule has 0 saturated carbocycles. The summed E-state index contributed by atoms with van der Waals surface area (Å²) in [6, 6.07) is 0. The lowest BCUT2D eigenvalue weighted by Crippen LogP contribution is -2.43. The predicted octanol–water partition coefficient (Wildman–Crippen LogP) is 2.85. The van der Waals surface area contributed by atoms with Crippen molar-refractivity contribution in [3.8, 4) is 0 Å². The third kappa shape index (κ3) is 6.05. The second kappa shape index (κ2) is 7.60. The van der Waals surface area contributed by atoms with E-state index in [0.717, 1.165) is 13.0 Å². The Balaban J connectivity index is 3.81. The van der Waals surface area contributed by atoms with Gasteiger partial charge in [0.15, 0.2) is 0 Å². The molecule has 1 N–H and O–H groups in total. The van der Waals surface area contributed by atoms with Gasteiger partial charge in [-0.3, -0.25) is 10.1 Å². The van der Waals surface area contributed by atoms with Crippen molar-refractivity contribution in [3.05, 3.63) is 10.1 Å². The molecule has 0 aromatic carbocycles. The Bertz CT molecular complexity index is 205. The average Bonchev–Trinajstić information content (AvgIpc) is 2.22. The Morgan fingerprint density at radius 3 is 2.44 bits per heavy atom. The van der Waals surface area contributed by atoms with E-state index < -0.39 is 5.54 Å². The zero-order valence-corrected chi connectivity index (χ0v) is 11.1. The largest absolute Gasteiger partial charge is 0.310 e. The Labute approximate surface area is 99.0 Å². The molecule has 4 heteroatoms. The minimum Gasteiger partial charge on any atom is -0.310 e. The number of rotatable bonds is 9. The summed E-state index contributed by atoms with van der Waals surface area (Å²) in [5.41, 5.74) is -0.858. The summed E-state index contributed by atoms with van der Waals surface area (Å²) >= 11 is 0. The minimum atomic E-state index is -0.858. The van der Waals surface area contributed by atoms with E-state index in [1.54, 1.807) is 13.8 Å². The lowest BCUT2D eigenvalue weighted by Gasteiger charge is -2.19. The Morgan fingerprint density at radius 1 is 1.38 bits per heavy atom. The molecule has 0 bridgehead atoms. The van der Waals surface area contributed by atoms with Crippen LogP contribution in [0.1, 0.15) is 53.4 Å². The van der Waals surface area contributed by atoms with Crippen LogP contribution in [0.4, 0.5) is 0 Å². The number of nitrogens with one attached hydrogen (secondary N) is 1. The van der Waals surface area contributed by atoms with Crippen molar-refractivity contribution in [3.63, 3.8) is 0 Å². The summed E-state index contributed by atoms with van der Waals surface area (Å²) in [5.74, 6) is 0.655. The number of hydrogen-bond acceptors (Lipinski definition) is 3. The van der Waals surface area contributed by atoms with Gasteiger partial charge >= 0.3 is 0 Å². The molecule has 0 aromatic heterocycles. The molecule has 0 radical (unpaired) electrons. The molecule has 0 aromatic rings. The normalized spacial score (nSPS) is 13.8. The Kier molecular flexibility index (Phi) is 7.30. The van der Waals surface area contributed by atoms with E-state index in [2.05, 4.69) is 19.2 Å². The third-order valence-corrected chi connectivity index (χ3v) is 3.03. The fourth-order valence-corrected chi connectivity index (χ4v) is 1.59. The van der Waals surface area contributed by atoms with Gasteiger partial charge in [-0.05, 0) is 18.9 Å². The van der Waals surface area contributed by atoms with E-state index in [1.807, 2.05) is 0 Å².